The summed E-state index contributed by atoms with van der Waals surface area (Å²) in [5.74, 6) is 2.05. The Morgan fingerprint density at radius 2 is 2.10 bits per heavy atom. The maximum absolute atomic E-state index is 12.8. The van der Waals surface area contributed by atoms with Gasteiger partial charge in [0.25, 0.3) is 0 Å². The van der Waals surface area contributed by atoms with Crippen molar-refractivity contribution in [2.24, 2.45) is 4.99 Å². The molecule has 0 bridgehead atoms. The lowest BCUT2D eigenvalue weighted by Crippen LogP contribution is -2.46. The molecule has 1 fully saturated rings. The van der Waals surface area contributed by atoms with E-state index in [0.717, 1.165) is 28.8 Å². The summed E-state index contributed by atoms with van der Waals surface area (Å²) in [6.07, 6.45) is 1.78. The summed E-state index contributed by atoms with van der Waals surface area (Å²) in [5, 5.41) is 2.81. The molecule has 4 rings (SSSR count). The minimum atomic E-state index is -0.289. The predicted molar refractivity (Wildman–Crippen MR) is 119 cm³/mol. The van der Waals surface area contributed by atoms with Gasteiger partial charge in [0.15, 0.2) is 10.8 Å². The van der Waals surface area contributed by atoms with Crippen LogP contribution < -0.4 is 4.74 Å². The van der Waals surface area contributed by atoms with E-state index in [9.17, 15) is 4.79 Å². The van der Waals surface area contributed by atoms with Crippen molar-refractivity contribution < 1.29 is 14.3 Å². The number of carbonyl (C=O) groups is 1. The summed E-state index contributed by atoms with van der Waals surface area (Å²) in [7, 11) is 1.67. The Bertz CT molecular complexity index is 957. The summed E-state index contributed by atoms with van der Waals surface area (Å²) < 4.78 is 12.9. The van der Waals surface area contributed by atoms with E-state index in [-0.39, 0.29) is 12.0 Å². The molecule has 0 aliphatic carbocycles. The second-order valence-electron chi connectivity index (χ2n) is 6.88. The fraction of sp³-hybridized carbons (Fsp3) is 0.381. The molecular weight excluding hydrogens is 420 g/mol. The van der Waals surface area contributed by atoms with E-state index in [1.807, 2.05) is 31.4 Å². The number of esters is 1. The standard InChI is InChI=1S/C21H24N4O3S2/c1-4-28-21(26)18-14(2)23-19(20-22-9-10-29-20)25-13-30-24(12-17(18)25)11-15-5-7-16(27-3)8-6-15/h5-10,14H,4,11-13H2,1-3H3. The molecule has 2 aliphatic rings. The van der Waals surface area contributed by atoms with Gasteiger partial charge in [0.1, 0.15) is 5.75 Å². The van der Waals surface area contributed by atoms with E-state index < -0.39 is 0 Å². The number of amidine groups is 1. The molecule has 30 heavy (non-hydrogen) atoms. The average Bonchev–Trinajstić information content (AvgIpc) is 3.28. The molecule has 2 aromatic rings. The summed E-state index contributed by atoms with van der Waals surface area (Å²) in [6.45, 7) is 5.50. The average molecular weight is 445 g/mol. The van der Waals surface area contributed by atoms with Crippen LogP contribution in [0.5, 0.6) is 5.75 Å². The quantitative estimate of drug-likeness (QED) is 0.499. The lowest BCUT2D eigenvalue weighted by molar-refractivity contribution is -0.139. The van der Waals surface area contributed by atoms with Gasteiger partial charge in [0.2, 0.25) is 0 Å². The summed E-state index contributed by atoms with van der Waals surface area (Å²) >= 11 is 3.28. The van der Waals surface area contributed by atoms with E-state index in [1.54, 1.807) is 36.6 Å². The molecule has 0 N–H and O–H groups in total. The number of benzene rings is 1. The fourth-order valence-corrected chi connectivity index (χ4v) is 5.18. The van der Waals surface area contributed by atoms with Gasteiger partial charge in [-0.15, -0.1) is 11.3 Å². The topological polar surface area (TPSA) is 67.3 Å². The fourth-order valence-electron chi connectivity index (χ4n) is 3.53. The van der Waals surface area contributed by atoms with Gasteiger partial charge in [-0.25, -0.2) is 14.1 Å². The van der Waals surface area contributed by atoms with Crippen LogP contribution in [0.2, 0.25) is 0 Å². The van der Waals surface area contributed by atoms with Gasteiger partial charge in [-0.2, -0.15) is 0 Å². The minimum absolute atomic E-state index is 0.278. The first kappa shape index (κ1) is 20.9. The zero-order chi connectivity index (χ0) is 21.1. The van der Waals surface area contributed by atoms with E-state index in [4.69, 9.17) is 14.5 Å². The Morgan fingerprint density at radius 1 is 1.30 bits per heavy atom. The van der Waals surface area contributed by atoms with Gasteiger partial charge in [-0.1, -0.05) is 24.1 Å². The smallest absolute Gasteiger partial charge is 0.338 e. The Kier molecular flexibility index (Phi) is 6.40. The highest BCUT2D eigenvalue weighted by Crippen LogP contribution is 2.35. The minimum Gasteiger partial charge on any atom is -0.497 e. The molecule has 0 radical (unpaired) electrons. The molecule has 7 nitrogen and oxygen atoms in total. The number of hydrogen-bond acceptors (Lipinski definition) is 9. The SMILES string of the molecule is CCOC(=O)C1=C2CN(Cc3ccc(OC)cc3)SCN2C(c2nccs2)=NC1C. The molecule has 3 heterocycles. The molecular formula is C21H24N4O3S2. The maximum Gasteiger partial charge on any atom is 0.338 e. The van der Waals surface area contributed by atoms with Crippen LogP contribution in [0.1, 0.15) is 24.4 Å². The molecule has 1 unspecified atom stereocenters. The number of nitrogens with zero attached hydrogens (tertiary/aromatic N) is 4. The highest BCUT2D eigenvalue weighted by atomic mass is 32.2. The number of rotatable bonds is 6. The van der Waals surface area contributed by atoms with Gasteiger partial charge < -0.3 is 14.4 Å². The van der Waals surface area contributed by atoms with Crippen LogP contribution in [0.15, 0.2) is 52.1 Å². The third kappa shape index (κ3) is 4.23. The number of methoxy groups -OCH3 is 1. The molecule has 0 saturated carbocycles. The Hall–Kier alpha value is -2.36. The molecule has 2 aliphatic heterocycles. The Balaban J connectivity index is 1.62. The van der Waals surface area contributed by atoms with Crippen LogP contribution in [0.3, 0.4) is 0 Å². The zero-order valence-corrected chi connectivity index (χ0v) is 18.8. The normalized spacial score (nSPS) is 19.4. The van der Waals surface area contributed by atoms with Gasteiger partial charge in [-0.3, -0.25) is 4.99 Å². The largest absolute Gasteiger partial charge is 0.497 e. The van der Waals surface area contributed by atoms with Crippen LogP contribution in [0, 0.1) is 0 Å². The summed E-state index contributed by atoms with van der Waals surface area (Å²) in [6, 6.07) is 7.79. The van der Waals surface area contributed by atoms with Crippen molar-refractivity contribution in [3.05, 3.63) is 57.7 Å². The highest BCUT2D eigenvalue weighted by Gasteiger charge is 2.37. The third-order valence-electron chi connectivity index (χ3n) is 4.96. The lowest BCUT2D eigenvalue weighted by Gasteiger charge is -2.41. The molecule has 1 aromatic heterocycles. The lowest BCUT2D eigenvalue weighted by atomic mass is 10.0. The van der Waals surface area contributed by atoms with Crippen LogP contribution in [0.25, 0.3) is 0 Å². The first-order valence-corrected chi connectivity index (χ1v) is 11.6. The van der Waals surface area contributed by atoms with Crippen molar-refractivity contribution in [1.82, 2.24) is 14.2 Å². The summed E-state index contributed by atoms with van der Waals surface area (Å²) in [5.41, 5.74) is 2.78. The van der Waals surface area contributed by atoms with Crippen LogP contribution in [0.4, 0.5) is 0 Å². The molecule has 158 valence electrons. The number of thiazole rings is 1. The molecule has 0 amide bonds. The number of hydrogen-bond donors (Lipinski definition) is 0. The van der Waals surface area contributed by atoms with Crippen LogP contribution in [-0.4, -0.2) is 58.2 Å². The maximum atomic E-state index is 12.8. The summed E-state index contributed by atoms with van der Waals surface area (Å²) in [4.78, 5) is 24.1. The monoisotopic (exact) mass is 444 g/mol. The van der Waals surface area contributed by atoms with Crippen molar-refractivity contribution in [2.75, 3.05) is 26.1 Å². The van der Waals surface area contributed by atoms with Crippen molar-refractivity contribution in [3.63, 3.8) is 0 Å². The highest BCUT2D eigenvalue weighted by molar-refractivity contribution is 7.97. The van der Waals surface area contributed by atoms with Gasteiger partial charge in [0.05, 0.1) is 37.8 Å². The Labute approximate surface area is 184 Å². The first-order valence-electron chi connectivity index (χ1n) is 9.76. The number of carbonyl (C=O) groups excluding carboxylic acids is 1. The third-order valence-corrected chi connectivity index (χ3v) is 6.72. The van der Waals surface area contributed by atoms with Gasteiger partial charge in [-0.05, 0) is 31.5 Å². The molecule has 0 spiro atoms. The molecule has 9 heteroatoms. The molecule has 1 aromatic carbocycles. The van der Waals surface area contributed by atoms with Crippen molar-refractivity contribution in [2.45, 2.75) is 26.4 Å². The Morgan fingerprint density at radius 3 is 2.77 bits per heavy atom. The second kappa shape index (κ2) is 9.20. The molecule has 1 saturated heterocycles. The van der Waals surface area contributed by atoms with E-state index in [2.05, 4.69) is 26.3 Å². The van der Waals surface area contributed by atoms with E-state index >= 15 is 0 Å². The number of ether oxygens (including phenoxy) is 2. The predicted octanol–water partition coefficient (Wildman–Crippen LogP) is 3.54. The van der Waals surface area contributed by atoms with Crippen molar-refractivity contribution >= 4 is 35.1 Å². The van der Waals surface area contributed by atoms with Crippen molar-refractivity contribution in [1.29, 1.82) is 0 Å². The second-order valence-corrected chi connectivity index (χ2v) is 8.81. The number of aliphatic imine (C=N–C) groups is 1. The van der Waals surface area contributed by atoms with Crippen molar-refractivity contribution in [3.8, 4) is 5.75 Å². The van der Waals surface area contributed by atoms with E-state index in [1.165, 1.54) is 5.56 Å². The zero-order valence-electron chi connectivity index (χ0n) is 17.2. The number of aromatic nitrogens is 1. The number of fused-ring (bicyclic) bond motifs is 1. The van der Waals surface area contributed by atoms with E-state index in [0.29, 0.717) is 24.6 Å². The molecule has 1 atom stereocenters. The van der Waals surface area contributed by atoms with Gasteiger partial charge in [0, 0.05) is 23.8 Å². The first-order chi connectivity index (χ1) is 14.6. The van der Waals surface area contributed by atoms with Gasteiger partial charge >= 0.3 is 5.97 Å². The van der Waals surface area contributed by atoms with Crippen LogP contribution in [-0.2, 0) is 16.1 Å². The van der Waals surface area contributed by atoms with Crippen LogP contribution >= 0.6 is 23.3 Å².